The molecule has 0 radical (unpaired) electrons. The van der Waals surface area contributed by atoms with E-state index in [-0.39, 0.29) is 29.6 Å². The van der Waals surface area contributed by atoms with E-state index in [1.165, 1.54) is 17.7 Å². The molecule has 2 aromatic carbocycles. The molecule has 4 rings (SSSR count). The van der Waals surface area contributed by atoms with Crippen LogP contribution in [0.3, 0.4) is 0 Å². The van der Waals surface area contributed by atoms with Crippen LogP contribution in [-0.2, 0) is 9.59 Å². The van der Waals surface area contributed by atoms with E-state index in [9.17, 15) is 22.4 Å². The first-order chi connectivity index (χ1) is 15.1. The van der Waals surface area contributed by atoms with Gasteiger partial charge in [-0.2, -0.15) is 13.2 Å². The van der Waals surface area contributed by atoms with Crippen LogP contribution in [0.2, 0.25) is 0 Å². The van der Waals surface area contributed by atoms with E-state index < -0.39 is 12.1 Å². The molecule has 0 aromatic heterocycles. The molecule has 2 aliphatic heterocycles. The molecule has 0 spiro atoms. The standard InChI is InChI=1S/C20H22FN3O.C2HF3O2/c21-15-6-8-17(9-7-15)24-12-16(13-24)23-20(25)19-11-22-10-18(19)14-4-2-1-3-5-14;3-2(4,5)1(6)7/h1-9,16,18-19,22H,10-13H2,(H,23,25);(H,6,7)/t18-,19+;/m0./s1. The van der Waals surface area contributed by atoms with Gasteiger partial charge in [-0.05, 0) is 29.8 Å². The van der Waals surface area contributed by atoms with Crippen LogP contribution in [0.5, 0.6) is 0 Å². The highest BCUT2D eigenvalue weighted by molar-refractivity contribution is 5.81. The van der Waals surface area contributed by atoms with E-state index in [4.69, 9.17) is 9.90 Å². The fourth-order valence-electron chi connectivity index (χ4n) is 3.75. The Bertz CT molecular complexity index is 916. The minimum atomic E-state index is -5.08. The molecule has 1 amide bonds. The molecule has 0 bridgehead atoms. The van der Waals surface area contributed by atoms with Gasteiger partial charge in [0.25, 0.3) is 0 Å². The van der Waals surface area contributed by atoms with Crippen LogP contribution in [0, 0.1) is 11.7 Å². The van der Waals surface area contributed by atoms with Crippen molar-refractivity contribution >= 4 is 17.6 Å². The number of carboxylic acid groups (broad SMARTS) is 1. The first-order valence-electron chi connectivity index (χ1n) is 10.0. The summed E-state index contributed by atoms with van der Waals surface area (Å²) in [6, 6.07) is 16.9. The van der Waals surface area contributed by atoms with Crippen LogP contribution < -0.4 is 15.5 Å². The lowest BCUT2D eigenvalue weighted by atomic mass is 9.88. The Labute approximate surface area is 182 Å². The topological polar surface area (TPSA) is 81.7 Å². The van der Waals surface area contributed by atoms with Crippen molar-refractivity contribution in [1.29, 1.82) is 0 Å². The van der Waals surface area contributed by atoms with Crippen molar-refractivity contribution in [2.75, 3.05) is 31.1 Å². The highest BCUT2D eigenvalue weighted by Gasteiger charge is 2.38. The molecule has 2 heterocycles. The first kappa shape index (κ1) is 23.5. The molecular weight excluding hydrogens is 430 g/mol. The molecule has 2 fully saturated rings. The van der Waals surface area contributed by atoms with E-state index in [1.807, 2.05) is 18.2 Å². The van der Waals surface area contributed by atoms with Gasteiger partial charge in [-0.15, -0.1) is 0 Å². The fraction of sp³-hybridized carbons (Fsp3) is 0.364. The van der Waals surface area contributed by atoms with E-state index >= 15 is 0 Å². The van der Waals surface area contributed by atoms with Gasteiger partial charge in [0.15, 0.2) is 0 Å². The highest BCUT2D eigenvalue weighted by atomic mass is 19.4. The summed E-state index contributed by atoms with van der Waals surface area (Å²) in [7, 11) is 0. The number of rotatable bonds is 4. The number of halogens is 4. The molecule has 10 heteroatoms. The number of anilines is 1. The Morgan fingerprint density at radius 2 is 1.59 bits per heavy atom. The third kappa shape index (κ3) is 5.97. The number of alkyl halides is 3. The third-order valence-electron chi connectivity index (χ3n) is 5.44. The molecule has 2 aliphatic rings. The molecule has 6 nitrogen and oxygen atoms in total. The first-order valence-corrected chi connectivity index (χ1v) is 10.0. The van der Waals surface area contributed by atoms with Gasteiger partial charge in [-0.1, -0.05) is 30.3 Å². The predicted octanol–water partition coefficient (Wildman–Crippen LogP) is 2.77. The lowest BCUT2D eigenvalue weighted by Crippen LogP contribution is -2.60. The summed E-state index contributed by atoms with van der Waals surface area (Å²) in [5.74, 6) is -2.65. The summed E-state index contributed by atoms with van der Waals surface area (Å²) >= 11 is 0. The second-order valence-electron chi connectivity index (χ2n) is 7.67. The predicted molar refractivity (Wildman–Crippen MR) is 110 cm³/mol. The SMILES string of the molecule is O=C(NC1CN(c2ccc(F)cc2)C1)[C@@H]1CNC[C@H]1c1ccccc1.O=C(O)C(F)(F)F. The van der Waals surface area contributed by atoms with Crippen molar-refractivity contribution in [2.24, 2.45) is 5.92 Å². The van der Waals surface area contributed by atoms with Gasteiger partial charge in [0, 0.05) is 37.8 Å². The van der Waals surface area contributed by atoms with Crippen molar-refractivity contribution in [3.05, 3.63) is 66.0 Å². The van der Waals surface area contributed by atoms with E-state index in [2.05, 4.69) is 27.7 Å². The zero-order chi connectivity index (χ0) is 23.3. The summed E-state index contributed by atoms with van der Waals surface area (Å²) in [5.41, 5.74) is 2.21. The Kier molecular flexibility index (Phi) is 7.34. The Morgan fingerprint density at radius 3 is 2.16 bits per heavy atom. The number of hydrogen-bond acceptors (Lipinski definition) is 4. The lowest BCUT2D eigenvalue weighted by molar-refractivity contribution is -0.192. The molecule has 2 atom stereocenters. The van der Waals surface area contributed by atoms with Gasteiger partial charge in [0.05, 0.1) is 12.0 Å². The van der Waals surface area contributed by atoms with Crippen molar-refractivity contribution in [3.8, 4) is 0 Å². The van der Waals surface area contributed by atoms with Gasteiger partial charge in [0.1, 0.15) is 5.82 Å². The van der Waals surface area contributed by atoms with E-state index in [1.54, 1.807) is 12.1 Å². The summed E-state index contributed by atoms with van der Waals surface area (Å²) in [5, 5.41) is 13.6. The van der Waals surface area contributed by atoms with Gasteiger partial charge < -0.3 is 20.6 Å². The van der Waals surface area contributed by atoms with Gasteiger partial charge >= 0.3 is 12.1 Å². The molecular formula is C22H23F4N3O3. The van der Waals surface area contributed by atoms with Crippen LogP contribution in [0.1, 0.15) is 11.5 Å². The smallest absolute Gasteiger partial charge is 0.475 e. The van der Waals surface area contributed by atoms with Crippen molar-refractivity contribution in [2.45, 2.75) is 18.1 Å². The number of carbonyl (C=O) groups excluding carboxylic acids is 1. The number of carbonyl (C=O) groups is 2. The Balaban J connectivity index is 0.000000360. The van der Waals surface area contributed by atoms with Crippen molar-refractivity contribution < 1.29 is 32.3 Å². The second-order valence-corrected chi connectivity index (χ2v) is 7.67. The number of carboxylic acids is 1. The molecule has 0 saturated carbocycles. The molecule has 32 heavy (non-hydrogen) atoms. The average Bonchev–Trinajstić information content (AvgIpc) is 3.22. The molecule has 0 unspecified atom stereocenters. The number of nitrogens with zero attached hydrogens (tertiary/aromatic N) is 1. The van der Waals surface area contributed by atoms with Crippen LogP contribution in [0.25, 0.3) is 0 Å². The summed E-state index contributed by atoms with van der Waals surface area (Å²) < 4.78 is 44.7. The molecule has 2 saturated heterocycles. The quantitative estimate of drug-likeness (QED) is 0.621. The third-order valence-corrected chi connectivity index (χ3v) is 5.44. The fourth-order valence-corrected chi connectivity index (χ4v) is 3.75. The minimum Gasteiger partial charge on any atom is -0.475 e. The maximum atomic E-state index is 13.0. The summed E-state index contributed by atoms with van der Waals surface area (Å²) in [6.45, 7) is 3.11. The van der Waals surface area contributed by atoms with Crippen LogP contribution in [0.4, 0.5) is 23.2 Å². The molecule has 0 aliphatic carbocycles. The minimum absolute atomic E-state index is 0.0257. The monoisotopic (exact) mass is 453 g/mol. The molecule has 2 aromatic rings. The van der Waals surface area contributed by atoms with Crippen LogP contribution in [0.15, 0.2) is 54.6 Å². The van der Waals surface area contributed by atoms with Gasteiger partial charge in [-0.3, -0.25) is 4.79 Å². The van der Waals surface area contributed by atoms with E-state index in [0.29, 0.717) is 0 Å². The van der Waals surface area contributed by atoms with Crippen molar-refractivity contribution in [3.63, 3.8) is 0 Å². The van der Waals surface area contributed by atoms with Gasteiger partial charge in [0.2, 0.25) is 5.91 Å². The number of amides is 1. The zero-order valence-electron chi connectivity index (χ0n) is 17.0. The number of hydrogen-bond donors (Lipinski definition) is 3. The lowest BCUT2D eigenvalue weighted by Gasteiger charge is -2.41. The summed E-state index contributed by atoms with van der Waals surface area (Å²) in [6.07, 6.45) is -5.08. The van der Waals surface area contributed by atoms with E-state index in [0.717, 1.165) is 31.9 Å². The van der Waals surface area contributed by atoms with Crippen molar-refractivity contribution in [1.82, 2.24) is 10.6 Å². The molecule has 3 N–H and O–H groups in total. The summed E-state index contributed by atoms with van der Waals surface area (Å²) in [4.78, 5) is 23.7. The van der Waals surface area contributed by atoms with Crippen LogP contribution >= 0.6 is 0 Å². The maximum absolute atomic E-state index is 13.0. The largest absolute Gasteiger partial charge is 0.490 e. The second kappa shape index (κ2) is 9.99. The number of aliphatic carboxylic acids is 1. The van der Waals surface area contributed by atoms with Crippen LogP contribution in [-0.4, -0.2) is 55.4 Å². The van der Waals surface area contributed by atoms with Gasteiger partial charge in [-0.25, -0.2) is 9.18 Å². The number of benzene rings is 2. The molecule has 172 valence electrons. The highest BCUT2D eigenvalue weighted by Crippen LogP contribution is 2.29. The Morgan fingerprint density at radius 1 is 1.00 bits per heavy atom. The average molecular weight is 453 g/mol. The number of nitrogens with one attached hydrogen (secondary N) is 2. The normalized spacial score (nSPS) is 20.7. The Hall–Kier alpha value is -3.14. The maximum Gasteiger partial charge on any atom is 0.490 e. The zero-order valence-corrected chi connectivity index (χ0v) is 17.0.